The molecule has 1 aliphatic rings. The van der Waals surface area contributed by atoms with Gasteiger partial charge in [-0.05, 0) is 58.2 Å². The van der Waals surface area contributed by atoms with Crippen LogP contribution in [0.1, 0.15) is 52.5 Å². The smallest absolute Gasteiger partial charge is 0.243 e. The predicted octanol–water partition coefficient (Wildman–Crippen LogP) is 3.33. The van der Waals surface area contributed by atoms with Crippen molar-refractivity contribution in [3.05, 3.63) is 29.8 Å². The van der Waals surface area contributed by atoms with Gasteiger partial charge in [-0.15, -0.1) is 24.0 Å². The average Bonchev–Trinajstić information content (AvgIpc) is 2.60. The number of guanidine groups is 1. The Labute approximate surface area is 181 Å². The Morgan fingerprint density at radius 3 is 2.22 bits per heavy atom. The number of aliphatic imine (C=N–C) groups is 1. The minimum atomic E-state index is -3.37. The van der Waals surface area contributed by atoms with Gasteiger partial charge in [0.25, 0.3) is 0 Å². The normalized spacial score (nSPS) is 16.5. The van der Waals surface area contributed by atoms with E-state index in [1.165, 1.54) is 0 Å². The Balaban J connectivity index is 0.00000364. The van der Waals surface area contributed by atoms with E-state index in [4.69, 9.17) is 0 Å². The molecule has 0 radical (unpaired) electrons. The van der Waals surface area contributed by atoms with E-state index in [9.17, 15) is 8.42 Å². The first-order chi connectivity index (χ1) is 12.2. The van der Waals surface area contributed by atoms with Gasteiger partial charge < -0.3 is 10.6 Å². The monoisotopic (exact) mass is 508 g/mol. The van der Waals surface area contributed by atoms with E-state index in [1.54, 1.807) is 16.4 Å². The molecule has 0 atom stereocenters. The number of nitrogens with one attached hydrogen (secondary N) is 2. The van der Waals surface area contributed by atoms with Crippen molar-refractivity contribution in [2.45, 2.75) is 63.9 Å². The zero-order chi connectivity index (χ0) is 19.2. The van der Waals surface area contributed by atoms with Gasteiger partial charge in [0, 0.05) is 25.2 Å². The molecule has 154 valence electrons. The van der Waals surface area contributed by atoms with E-state index in [0.29, 0.717) is 24.5 Å². The van der Waals surface area contributed by atoms with Gasteiger partial charge >= 0.3 is 0 Å². The number of hydrogen-bond acceptors (Lipinski definition) is 3. The fourth-order valence-corrected chi connectivity index (χ4v) is 4.37. The summed E-state index contributed by atoms with van der Waals surface area (Å²) in [5, 5.41) is 6.57. The highest BCUT2D eigenvalue weighted by atomic mass is 127. The molecule has 1 aromatic carbocycles. The standard InChI is InChI=1S/C19H32N4O2S.HI/c1-5-20-18(22-19(2,3)4)21-15-16-9-11-17(12-10-16)26(24,25)23-13-7-6-8-14-23;/h9-12H,5-8,13-15H2,1-4H3,(H2,20,21,22);1H. The Hall–Kier alpha value is -0.870. The van der Waals surface area contributed by atoms with Gasteiger partial charge in [0.05, 0.1) is 11.4 Å². The molecule has 2 N–H and O–H groups in total. The molecule has 0 saturated carbocycles. The number of benzene rings is 1. The first-order valence-corrected chi connectivity index (χ1v) is 10.8. The Kier molecular flexibility index (Phi) is 9.50. The number of piperidine rings is 1. The van der Waals surface area contributed by atoms with Crippen LogP contribution in [0.3, 0.4) is 0 Å². The summed E-state index contributed by atoms with van der Waals surface area (Å²) in [4.78, 5) is 4.95. The molecule has 0 unspecified atom stereocenters. The predicted molar refractivity (Wildman–Crippen MR) is 122 cm³/mol. The summed E-state index contributed by atoms with van der Waals surface area (Å²) in [5.41, 5.74) is 0.904. The van der Waals surface area contributed by atoms with E-state index < -0.39 is 10.0 Å². The molecule has 1 saturated heterocycles. The topological polar surface area (TPSA) is 73.8 Å². The number of sulfonamides is 1. The lowest BCUT2D eigenvalue weighted by atomic mass is 10.1. The maximum absolute atomic E-state index is 12.7. The second-order valence-corrected chi connectivity index (χ2v) is 9.62. The number of nitrogens with zero attached hydrogens (tertiary/aromatic N) is 2. The molecule has 1 aromatic rings. The van der Waals surface area contributed by atoms with Crippen molar-refractivity contribution in [2.75, 3.05) is 19.6 Å². The van der Waals surface area contributed by atoms with E-state index in [2.05, 4.69) is 36.4 Å². The number of halogens is 1. The van der Waals surface area contributed by atoms with Gasteiger partial charge in [-0.25, -0.2) is 13.4 Å². The lowest BCUT2D eigenvalue weighted by Crippen LogP contribution is -2.47. The maximum atomic E-state index is 12.7. The molecule has 0 aromatic heterocycles. The first kappa shape index (κ1) is 24.2. The van der Waals surface area contributed by atoms with Gasteiger partial charge in [-0.1, -0.05) is 18.6 Å². The van der Waals surface area contributed by atoms with Gasteiger partial charge in [0.2, 0.25) is 10.0 Å². The average molecular weight is 508 g/mol. The minimum absolute atomic E-state index is 0. The summed E-state index contributed by atoms with van der Waals surface area (Å²) < 4.78 is 27.0. The van der Waals surface area contributed by atoms with Crippen LogP contribution in [0.15, 0.2) is 34.2 Å². The SMILES string of the molecule is CCNC(=NCc1ccc(S(=O)(=O)N2CCCCC2)cc1)NC(C)(C)C.I. The fourth-order valence-electron chi connectivity index (χ4n) is 2.85. The maximum Gasteiger partial charge on any atom is 0.243 e. The Morgan fingerprint density at radius 2 is 1.70 bits per heavy atom. The fraction of sp³-hybridized carbons (Fsp3) is 0.632. The second-order valence-electron chi connectivity index (χ2n) is 7.68. The molecule has 0 bridgehead atoms. The van der Waals surface area contributed by atoms with E-state index >= 15 is 0 Å². The summed E-state index contributed by atoms with van der Waals surface area (Å²) in [7, 11) is -3.37. The number of rotatable bonds is 5. The molecular formula is C19H33IN4O2S. The summed E-state index contributed by atoms with van der Waals surface area (Å²) in [6.07, 6.45) is 3.00. The third-order valence-corrected chi connectivity index (χ3v) is 6.05. The van der Waals surface area contributed by atoms with Crippen molar-refractivity contribution in [1.29, 1.82) is 0 Å². The molecule has 0 aliphatic carbocycles. The molecule has 1 heterocycles. The lowest BCUT2D eigenvalue weighted by Gasteiger charge is -2.25. The molecule has 27 heavy (non-hydrogen) atoms. The van der Waals surface area contributed by atoms with Crippen LogP contribution in [0.2, 0.25) is 0 Å². The van der Waals surface area contributed by atoms with Crippen LogP contribution in [-0.4, -0.2) is 43.9 Å². The van der Waals surface area contributed by atoms with E-state index in [-0.39, 0.29) is 29.5 Å². The van der Waals surface area contributed by atoms with Crippen molar-refractivity contribution in [3.63, 3.8) is 0 Å². The third-order valence-electron chi connectivity index (χ3n) is 4.13. The minimum Gasteiger partial charge on any atom is -0.357 e. The lowest BCUT2D eigenvalue weighted by molar-refractivity contribution is 0.346. The first-order valence-electron chi connectivity index (χ1n) is 9.38. The second kappa shape index (κ2) is 10.6. The Morgan fingerprint density at radius 1 is 1.11 bits per heavy atom. The molecule has 0 amide bonds. The number of hydrogen-bond donors (Lipinski definition) is 2. The third kappa shape index (κ3) is 7.57. The van der Waals surface area contributed by atoms with Crippen LogP contribution in [0.25, 0.3) is 0 Å². The highest BCUT2D eigenvalue weighted by Crippen LogP contribution is 2.21. The van der Waals surface area contributed by atoms with Crippen molar-refractivity contribution >= 4 is 40.0 Å². The van der Waals surface area contributed by atoms with Gasteiger partial charge in [-0.2, -0.15) is 4.31 Å². The highest BCUT2D eigenvalue weighted by molar-refractivity contribution is 14.0. The highest BCUT2D eigenvalue weighted by Gasteiger charge is 2.25. The van der Waals surface area contributed by atoms with Gasteiger partial charge in [0.1, 0.15) is 0 Å². The molecule has 1 aliphatic heterocycles. The van der Waals surface area contributed by atoms with Crippen LogP contribution < -0.4 is 10.6 Å². The summed E-state index contributed by atoms with van der Waals surface area (Å²) in [5.74, 6) is 0.755. The molecule has 0 spiro atoms. The summed E-state index contributed by atoms with van der Waals surface area (Å²) in [6.45, 7) is 10.8. The van der Waals surface area contributed by atoms with Crippen molar-refractivity contribution < 1.29 is 8.42 Å². The van der Waals surface area contributed by atoms with Crippen LogP contribution in [-0.2, 0) is 16.6 Å². The van der Waals surface area contributed by atoms with Crippen LogP contribution in [0.4, 0.5) is 0 Å². The van der Waals surface area contributed by atoms with Crippen LogP contribution in [0.5, 0.6) is 0 Å². The van der Waals surface area contributed by atoms with Crippen molar-refractivity contribution in [1.82, 2.24) is 14.9 Å². The summed E-state index contributed by atoms with van der Waals surface area (Å²) >= 11 is 0. The zero-order valence-electron chi connectivity index (χ0n) is 16.8. The quantitative estimate of drug-likeness (QED) is 0.364. The molecule has 1 fully saturated rings. The van der Waals surface area contributed by atoms with Gasteiger partial charge in [0.15, 0.2) is 5.96 Å². The molecule has 8 heteroatoms. The Bertz CT molecular complexity index is 706. The van der Waals surface area contributed by atoms with Crippen LogP contribution in [0, 0.1) is 0 Å². The van der Waals surface area contributed by atoms with E-state index in [1.807, 2.05) is 19.1 Å². The van der Waals surface area contributed by atoms with Crippen molar-refractivity contribution in [3.8, 4) is 0 Å². The van der Waals surface area contributed by atoms with Crippen LogP contribution >= 0.6 is 24.0 Å². The summed E-state index contributed by atoms with van der Waals surface area (Å²) in [6, 6.07) is 7.08. The van der Waals surface area contributed by atoms with Crippen molar-refractivity contribution in [2.24, 2.45) is 4.99 Å². The zero-order valence-corrected chi connectivity index (χ0v) is 19.9. The van der Waals surface area contributed by atoms with E-state index in [0.717, 1.165) is 37.3 Å². The largest absolute Gasteiger partial charge is 0.357 e. The molecular weight excluding hydrogens is 475 g/mol. The molecule has 6 nitrogen and oxygen atoms in total. The van der Waals surface area contributed by atoms with Gasteiger partial charge in [-0.3, -0.25) is 0 Å². The molecule has 2 rings (SSSR count).